The van der Waals surface area contributed by atoms with E-state index in [0.29, 0.717) is 31.8 Å². The Morgan fingerprint density at radius 3 is 2.88 bits per heavy atom. The SMILES string of the molecule is CC1CCCC(C(=O)O)(N2CCNC2=O)C1. The largest absolute Gasteiger partial charge is 0.479 e. The van der Waals surface area contributed by atoms with Gasteiger partial charge in [0.25, 0.3) is 0 Å². The molecule has 0 aromatic heterocycles. The molecule has 2 amide bonds. The summed E-state index contributed by atoms with van der Waals surface area (Å²) in [6.45, 7) is 3.13. The predicted octanol–water partition coefficient (Wildman–Crippen LogP) is 1.05. The second-order valence-corrected chi connectivity index (χ2v) is 4.92. The average Bonchev–Trinajstić information content (AvgIpc) is 2.64. The highest BCUT2D eigenvalue weighted by Gasteiger charge is 2.50. The fourth-order valence-electron chi connectivity index (χ4n) is 2.96. The summed E-state index contributed by atoms with van der Waals surface area (Å²) < 4.78 is 0. The summed E-state index contributed by atoms with van der Waals surface area (Å²) in [5.41, 5.74) is -0.960. The van der Waals surface area contributed by atoms with E-state index in [2.05, 4.69) is 12.2 Å². The lowest BCUT2D eigenvalue weighted by Gasteiger charge is -2.42. The van der Waals surface area contributed by atoms with E-state index in [1.54, 1.807) is 0 Å². The first-order valence-electron chi connectivity index (χ1n) is 5.85. The van der Waals surface area contributed by atoms with Gasteiger partial charge in [0, 0.05) is 13.1 Å². The topological polar surface area (TPSA) is 69.6 Å². The molecule has 1 saturated carbocycles. The van der Waals surface area contributed by atoms with Gasteiger partial charge in [-0.3, -0.25) is 0 Å². The highest BCUT2D eigenvalue weighted by Crippen LogP contribution is 2.37. The minimum Gasteiger partial charge on any atom is -0.479 e. The Balaban J connectivity index is 2.27. The molecule has 1 saturated heterocycles. The van der Waals surface area contributed by atoms with E-state index >= 15 is 0 Å². The maximum absolute atomic E-state index is 11.6. The lowest BCUT2D eigenvalue weighted by atomic mass is 9.75. The van der Waals surface area contributed by atoms with Crippen LogP contribution in [0, 0.1) is 5.92 Å². The van der Waals surface area contributed by atoms with Crippen molar-refractivity contribution in [3.05, 3.63) is 0 Å². The van der Waals surface area contributed by atoms with E-state index < -0.39 is 11.5 Å². The van der Waals surface area contributed by atoms with Crippen molar-refractivity contribution in [2.75, 3.05) is 13.1 Å². The average molecular weight is 226 g/mol. The van der Waals surface area contributed by atoms with E-state index in [-0.39, 0.29) is 6.03 Å². The molecule has 16 heavy (non-hydrogen) atoms. The second kappa shape index (κ2) is 3.96. The number of carbonyl (C=O) groups excluding carboxylic acids is 1. The van der Waals surface area contributed by atoms with Gasteiger partial charge in [0.05, 0.1) is 0 Å². The van der Waals surface area contributed by atoms with E-state index in [4.69, 9.17) is 0 Å². The van der Waals surface area contributed by atoms with Crippen molar-refractivity contribution in [3.8, 4) is 0 Å². The summed E-state index contributed by atoms with van der Waals surface area (Å²) in [5, 5.41) is 12.1. The molecule has 5 nitrogen and oxygen atoms in total. The van der Waals surface area contributed by atoms with E-state index in [1.807, 2.05) is 0 Å². The Labute approximate surface area is 94.8 Å². The molecule has 90 valence electrons. The van der Waals surface area contributed by atoms with Crippen LogP contribution in [0.1, 0.15) is 32.6 Å². The van der Waals surface area contributed by atoms with Crippen molar-refractivity contribution in [1.29, 1.82) is 0 Å². The van der Waals surface area contributed by atoms with Crippen LogP contribution >= 0.6 is 0 Å². The molecule has 2 atom stereocenters. The molecule has 2 N–H and O–H groups in total. The normalized spacial score (nSPS) is 34.9. The second-order valence-electron chi connectivity index (χ2n) is 4.92. The molecule has 1 aliphatic carbocycles. The van der Waals surface area contributed by atoms with Gasteiger partial charge in [0.15, 0.2) is 0 Å². The van der Waals surface area contributed by atoms with Crippen LogP contribution in [0.2, 0.25) is 0 Å². The zero-order chi connectivity index (χ0) is 11.8. The summed E-state index contributed by atoms with van der Waals surface area (Å²) in [7, 11) is 0. The number of carboxylic acids is 1. The van der Waals surface area contributed by atoms with E-state index in [0.717, 1.165) is 12.8 Å². The third-order valence-electron chi connectivity index (χ3n) is 3.74. The third kappa shape index (κ3) is 1.64. The van der Waals surface area contributed by atoms with Crippen LogP contribution < -0.4 is 5.32 Å². The van der Waals surface area contributed by atoms with Gasteiger partial charge in [-0.25, -0.2) is 9.59 Å². The smallest absolute Gasteiger partial charge is 0.329 e. The molecular weight excluding hydrogens is 208 g/mol. The van der Waals surface area contributed by atoms with Crippen molar-refractivity contribution in [1.82, 2.24) is 10.2 Å². The van der Waals surface area contributed by atoms with Crippen molar-refractivity contribution in [3.63, 3.8) is 0 Å². The first-order valence-corrected chi connectivity index (χ1v) is 5.85. The number of hydrogen-bond acceptors (Lipinski definition) is 2. The summed E-state index contributed by atoms with van der Waals surface area (Å²) in [4.78, 5) is 24.7. The number of urea groups is 1. The van der Waals surface area contributed by atoms with Gasteiger partial charge in [-0.05, 0) is 18.8 Å². The highest BCUT2D eigenvalue weighted by molar-refractivity contribution is 5.87. The number of carboxylic acid groups (broad SMARTS) is 1. The van der Waals surface area contributed by atoms with Crippen LogP contribution in [0.4, 0.5) is 4.79 Å². The molecule has 5 heteroatoms. The number of carbonyl (C=O) groups is 2. The monoisotopic (exact) mass is 226 g/mol. The summed E-state index contributed by atoms with van der Waals surface area (Å²) in [6, 6.07) is -0.225. The van der Waals surface area contributed by atoms with Gasteiger partial charge >= 0.3 is 12.0 Å². The molecule has 2 fully saturated rings. The Bertz CT molecular complexity index is 318. The molecule has 2 unspecified atom stereocenters. The predicted molar refractivity (Wildman–Crippen MR) is 58.1 cm³/mol. The number of nitrogens with one attached hydrogen (secondary N) is 1. The summed E-state index contributed by atoms with van der Waals surface area (Å²) in [6.07, 6.45) is 3.11. The maximum atomic E-state index is 11.6. The van der Waals surface area contributed by atoms with Gasteiger partial charge in [-0.15, -0.1) is 0 Å². The van der Waals surface area contributed by atoms with Crippen molar-refractivity contribution >= 4 is 12.0 Å². The van der Waals surface area contributed by atoms with Crippen molar-refractivity contribution in [2.24, 2.45) is 5.92 Å². The lowest BCUT2D eigenvalue weighted by molar-refractivity contribution is -0.152. The number of nitrogens with zero attached hydrogens (tertiary/aromatic N) is 1. The molecule has 0 aromatic rings. The van der Waals surface area contributed by atoms with Crippen LogP contribution in [0.3, 0.4) is 0 Å². The quantitative estimate of drug-likeness (QED) is 0.739. The van der Waals surface area contributed by atoms with Crippen LogP contribution in [-0.2, 0) is 4.79 Å². The number of aliphatic carboxylic acids is 1. The number of rotatable bonds is 2. The van der Waals surface area contributed by atoms with Gasteiger partial charge in [0.2, 0.25) is 0 Å². The summed E-state index contributed by atoms with van der Waals surface area (Å²) >= 11 is 0. The molecule has 0 radical (unpaired) electrons. The van der Waals surface area contributed by atoms with Crippen LogP contribution in [-0.4, -0.2) is 40.6 Å². The van der Waals surface area contributed by atoms with E-state index in [1.165, 1.54) is 4.90 Å². The van der Waals surface area contributed by atoms with Crippen molar-refractivity contribution in [2.45, 2.75) is 38.1 Å². The minimum absolute atomic E-state index is 0.225. The highest BCUT2D eigenvalue weighted by atomic mass is 16.4. The molecule has 2 rings (SSSR count). The fraction of sp³-hybridized carbons (Fsp3) is 0.818. The fourth-order valence-corrected chi connectivity index (χ4v) is 2.96. The molecule has 1 heterocycles. The Morgan fingerprint density at radius 1 is 1.62 bits per heavy atom. The van der Waals surface area contributed by atoms with Crippen molar-refractivity contribution < 1.29 is 14.7 Å². The van der Waals surface area contributed by atoms with Gasteiger partial charge in [-0.1, -0.05) is 19.8 Å². The number of amides is 2. The molecule has 2 aliphatic rings. The Kier molecular flexibility index (Phi) is 2.78. The molecule has 0 aromatic carbocycles. The Morgan fingerprint density at radius 2 is 2.38 bits per heavy atom. The Hall–Kier alpha value is -1.26. The lowest BCUT2D eigenvalue weighted by Crippen LogP contribution is -2.58. The standard InChI is InChI=1S/C11H18N2O3/c1-8-3-2-4-11(7-8,9(14)15)13-6-5-12-10(13)16/h8H,2-7H2,1H3,(H,12,16)(H,14,15). The van der Waals surface area contributed by atoms with Crippen LogP contribution in [0.25, 0.3) is 0 Å². The number of hydrogen-bond donors (Lipinski definition) is 2. The van der Waals surface area contributed by atoms with Crippen LogP contribution in [0.5, 0.6) is 0 Å². The zero-order valence-electron chi connectivity index (χ0n) is 9.53. The molecule has 1 aliphatic heterocycles. The molecular formula is C11H18N2O3. The summed E-state index contributed by atoms with van der Waals surface area (Å²) in [5.74, 6) is -0.477. The molecule has 0 spiro atoms. The maximum Gasteiger partial charge on any atom is 0.329 e. The molecule has 0 bridgehead atoms. The van der Waals surface area contributed by atoms with Gasteiger partial charge in [0.1, 0.15) is 5.54 Å². The first kappa shape index (κ1) is 11.2. The van der Waals surface area contributed by atoms with Gasteiger partial charge in [-0.2, -0.15) is 0 Å². The van der Waals surface area contributed by atoms with Gasteiger partial charge < -0.3 is 15.3 Å². The van der Waals surface area contributed by atoms with E-state index in [9.17, 15) is 14.7 Å². The zero-order valence-corrected chi connectivity index (χ0v) is 9.53. The minimum atomic E-state index is -0.960. The van der Waals surface area contributed by atoms with Crippen LogP contribution in [0.15, 0.2) is 0 Å². The first-order chi connectivity index (χ1) is 7.56. The third-order valence-corrected chi connectivity index (χ3v) is 3.74.